The van der Waals surface area contributed by atoms with Crippen molar-refractivity contribution >= 4 is 0 Å². The van der Waals surface area contributed by atoms with E-state index in [1.54, 1.807) is 4.90 Å². The molecular weight excluding hydrogens is 130 g/mol. The minimum Gasteiger partial charge on any atom is -0.396 e. The Morgan fingerprint density at radius 2 is 2.00 bits per heavy atom. The zero-order chi connectivity index (χ0) is 8.15. The van der Waals surface area contributed by atoms with Crippen LogP contribution in [0.4, 0.5) is 0 Å². The summed E-state index contributed by atoms with van der Waals surface area (Å²) < 4.78 is 0. The smallest absolute Gasteiger partial charge is 0.111 e. The fraction of sp³-hybridized carbons (Fsp3) is 1.00. The van der Waals surface area contributed by atoms with Gasteiger partial charge in [0.1, 0.15) is 6.23 Å². The molecule has 0 rings (SSSR count). The van der Waals surface area contributed by atoms with E-state index >= 15 is 0 Å². The molecular formula is C7H17NO2. The highest BCUT2D eigenvalue weighted by molar-refractivity contribution is 4.61. The van der Waals surface area contributed by atoms with E-state index in [1.807, 2.05) is 20.9 Å². The van der Waals surface area contributed by atoms with Crippen LogP contribution >= 0.6 is 0 Å². The first-order valence-corrected chi connectivity index (χ1v) is 3.62. The highest BCUT2D eigenvalue weighted by atomic mass is 16.3. The molecule has 0 fully saturated rings. The lowest BCUT2D eigenvalue weighted by molar-refractivity contribution is -0.0328. The second-order valence-electron chi connectivity index (χ2n) is 2.65. The molecule has 0 aliphatic rings. The summed E-state index contributed by atoms with van der Waals surface area (Å²) in [6.07, 6.45) is -0.519. The first kappa shape index (κ1) is 9.88. The van der Waals surface area contributed by atoms with Crippen LogP contribution in [0.1, 0.15) is 13.8 Å². The van der Waals surface area contributed by atoms with Gasteiger partial charge in [0, 0.05) is 12.5 Å². The summed E-state index contributed by atoms with van der Waals surface area (Å²) in [5, 5.41) is 18.0. The molecule has 0 saturated carbocycles. The SMILES string of the molecule is CCN(C)C(O)C(C)CO. The predicted octanol–water partition coefficient (Wildman–Crippen LogP) is -0.115. The summed E-state index contributed by atoms with van der Waals surface area (Å²) in [5.41, 5.74) is 0. The fourth-order valence-corrected chi connectivity index (χ4v) is 0.716. The summed E-state index contributed by atoms with van der Waals surface area (Å²) in [6, 6.07) is 0. The van der Waals surface area contributed by atoms with Crippen LogP contribution in [-0.2, 0) is 0 Å². The zero-order valence-electron chi connectivity index (χ0n) is 6.91. The summed E-state index contributed by atoms with van der Waals surface area (Å²) in [6.45, 7) is 4.61. The predicted molar refractivity (Wildman–Crippen MR) is 40.6 cm³/mol. The molecule has 0 amide bonds. The molecule has 62 valence electrons. The maximum absolute atomic E-state index is 9.35. The molecule has 0 aliphatic heterocycles. The number of aliphatic hydroxyl groups is 2. The largest absolute Gasteiger partial charge is 0.396 e. The third-order valence-electron chi connectivity index (χ3n) is 1.75. The van der Waals surface area contributed by atoms with Crippen molar-refractivity contribution in [2.45, 2.75) is 20.1 Å². The highest BCUT2D eigenvalue weighted by Gasteiger charge is 2.15. The van der Waals surface area contributed by atoms with Crippen molar-refractivity contribution in [3.63, 3.8) is 0 Å². The zero-order valence-corrected chi connectivity index (χ0v) is 6.91. The molecule has 0 aliphatic carbocycles. The van der Waals surface area contributed by atoms with Gasteiger partial charge in [-0.15, -0.1) is 0 Å². The van der Waals surface area contributed by atoms with Gasteiger partial charge in [0.15, 0.2) is 0 Å². The average molecular weight is 147 g/mol. The molecule has 10 heavy (non-hydrogen) atoms. The minimum atomic E-state index is -0.519. The van der Waals surface area contributed by atoms with Gasteiger partial charge in [-0.05, 0) is 13.6 Å². The van der Waals surface area contributed by atoms with Crippen molar-refractivity contribution in [3.8, 4) is 0 Å². The number of hydrogen-bond donors (Lipinski definition) is 2. The molecule has 0 aromatic heterocycles. The molecule has 0 spiro atoms. The summed E-state index contributed by atoms with van der Waals surface area (Å²) >= 11 is 0. The van der Waals surface area contributed by atoms with E-state index in [0.717, 1.165) is 6.54 Å². The number of rotatable bonds is 4. The van der Waals surface area contributed by atoms with Crippen LogP contribution in [0, 0.1) is 5.92 Å². The molecule has 2 N–H and O–H groups in total. The third kappa shape index (κ3) is 2.64. The quantitative estimate of drug-likeness (QED) is 0.545. The lowest BCUT2D eigenvalue weighted by Crippen LogP contribution is -2.37. The van der Waals surface area contributed by atoms with E-state index in [2.05, 4.69) is 0 Å². The summed E-state index contributed by atoms with van der Waals surface area (Å²) in [5.74, 6) is -0.0649. The van der Waals surface area contributed by atoms with E-state index in [4.69, 9.17) is 5.11 Å². The Hall–Kier alpha value is -0.120. The molecule has 0 bridgehead atoms. The fourth-order valence-electron chi connectivity index (χ4n) is 0.716. The molecule has 3 nitrogen and oxygen atoms in total. The van der Waals surface area contributed by atoms with Crippen molar-refractivity contribution in [2.24, 2.45) is 5.92 Å². The normalized spacial score (nSPS) is 17.4. The van der Waals surface area contributed by atoms with E-state index in [0.29, 0.717) is 0 Å². The standard InChI is InChI=1S/C7H17NO2/c1-4-8(3)7(10)6(2)5-9/h6-7,9-10H,4-5H2,1-3H3. The van der Waals surface area contributed by atoms with Crippen LogP contribution < -0.4 is 0 Å². The van der Waals surface area contributed by atoms with Crippen molar-refractivity contribution in [1.29, 1.82) is 0 Å². The van der Waals surface area contributed by atoms with Crippen molar-refractivity contribution in [3.05, 3.63) is 0 Å². The maximum atomic E-state index is 9.35. The van der Waals surface area contributed by atoms with Gasteiger partial charge >= 0.3 is 0 Å². The number of hydrogen-bond acceptors (Lipinski definition) is 3. The lowest BCUT2D eigenvalue weighted by atomic mass is 10.1. The highest BCUT2D eigenvalue weighted by Crippen LogP contribution is 2.04. The molecule has 0 aromatic rings. The minimum absolute atomic E-state index is 0.0332. The first-order valence-electron chi connectivity index (χ1n) is 3.62. The van der Waals surface area contributed by atoms with Gasteiger partial charge in [-0.2, -0.15) is 0 Å². The Balaban J connectivity index is 3.69. The van der Waals surface area contributed by atoms with Crippen LogP contribution in [0.2, 0.25) is 0 Å². The Kier molecular flexibility index (Phi) is 4.60. The van der Waals surface area contributed by atoms with Gasteiger partial charge in [0.25, 0.3) is 0 Å². The van der Waals surface area contributed by atoms with Crippen LogP contribution in [-0.4, -0.2) is 41.5 Å². The molecule has 2 atom stereocenters. The Morgan fingerprint density at radius 3 is 2.30 bits per heavy atom. The van der Waals surface area contributed by atoms with Gasteiger partial charge in [-0.25, -0.2) is 0 Å². The summed E-state index contributed by atoms with van der Waals surface area (Å²) in [7, 11) is 1.83. The van der Waals surface area contributed by atoms with Gasteiger partial charge in [-0.3, -0.25) is 4.90 Å². The van der Waals surface area contributed by atoms with E-state index < -0.39 is 6.23 Å². The topological polar surface area (TPSA) is 43.7 Å². The molecule has 0 saturated heterocycles. The second-order valence-corrected chi connectivity index (χ2v) is 2.65. The monoisotopic (exact) mass is 147 g/mol. The molecule has 0 heterocycles. The number of aliphatic hydroxyl groups excluding tert-OH is 2. The van der Waals surface area contributed by atoms with E-state index in [9.17, 15) is 5.11 Å². The van der Waals surface area contributed by atoms with Crippen LogP contribution in [0.3, 0.4) is 0 Å². The Labute approximate surface area is 62.3 Å². The van der Waals surface area contributed by atoms with Crippen LogP contribution in [0.5, 0.6) is 0 Å². The molecule has 0 radical (unpaired) electrons. The van der Waals surface area contributed by atoms with Gasteiger partial charge in [0.05, 0.1) is 0 Å². The van der Waals surface area contributed by atoms with E-state index in [1.165, 1.54) is 0 Å². The molecule has 0 aromatic carbocycles. The van der Waals surface area contributed by atoms with Crippen LogP contribution in [0.25, 0.3) is 0 Å². The van der Waals surface area contributed by atoms with E-state index in [-0.39, 0.29) is 12.5 Å². The van der Waals surface area contributed by atoms with Crippen molar-refractivity contribution < 1.29 is 10.2 Å². The Morgan fingerprint density at radius 1 is 1.50 bits per heavy atom. The average Bonchev–Trinajstić information content (AvgIpc) is 2.00. The van der Waals surface area contributed by atoms with Crippen molar-refractivity contribution in [1.82, 2.24) is 4.90 Å². The van der Waals surface area contributed by atoms with Crippen molar-refractivity contribution in [2.75, 3.05) is 20.2 Å². The second kappa shape index (κ2) is 4.66. The number of nitrogens with zero attached hydrogens (tertiary/aromatic N) is 1. The third-order valence-corrected chi connectivity index (χ3v) is 1.75. The summed E-state index contributed by atoms with van der Waals surface area (Å²) in [4.78, 5) is 1.79. The van der Waals surface area contributed by atoms with Gasteiger partial charge in [0.2, 0.25) is 0 Å². The maximum Gasteiger partial charge on any atom is 0.111 e. The first-order chi connectivity index (χ1) is 4.63. The Bertz CT molecular complexity index is 77.7. The molecule has 2 unspecified atom stereocenters. The van der Waals surface area contributed by atoms with Crippen LogP contribution in [0.15, 0.2) is 0 Å². The molecule has 3 heteroatoms. The van der Waals surface area contributed by atoms with Gasteiger partial charge in [-0.1, -0.05) is 13.8 Å². The lowest BCUT2D eigenvalue weighted by Gasteiger charge is -2.25. The van der Waals surface area contributed by atoms with Gasteiger partial charge < -0.3 is 10.2 Å².